The van der Waals surface area contributed by atoms with E-state index in [9.17, 15) is 19.5 Å². The Hall–Kier alpha value is -4.17. The van der Waals surface area contributed by atoms with Gasteiger partial charge >= 0.3 is 5.97 Å². The first-order valence-electron chi connectivity index (χ1n) is 14.3. The van der Waals surface area contributed by atoms with E-state index >= 15 is 0 Å². The summed E-state index contributed by atoms with van der Waals surface area (Å²) >= 11 is 13.0. The Labute approximate surface area is 266 Å². The van der Waals surface area contributed by atoms with Gasteiger partial charge in [0.25, 0.3) is 5.91 Å². The second-order valence-electron chi connectivity index (χ2n) is 10.6. The van der Waals surface area contributed by atoms with Crippen molar-refractivity contribution in [2.75, 3.05) is 20.3 Å². The second kappa shape index (κ2) is 14.1. The number of aliphatic hydroxyl groups excluding tert-OH is 1. The zero-order chi connectivity index (χ0) is 31.2. The smallest absolute Gasteiger partial charge is 0.309 e. The van der Waals surface area contributed by atoms with Crippen LogP contribution < -0.4 is 5.32 Å². The number of esters is 1. The predicted molar refractivity (Wildman–Crippen MR) is 170 cm³/mol. The van der Waals surface area contributed by atoms with Gasteiger partial charge in [0.15, 0.2) is 0 Å². The molecule has 5 rings (SSSR count). The molecule has 9 heteroatoms. The standard InChI is InChI=1S/C35H32Cl2N2O5/c1-44-31(41)19-23-13-11-22(12-14-23)17-18-38-34(42)32-26-9-5-6-10-27(26)35(43)39(30(21-40)24-7-3-2-4-8-24)33(32)28-16-15-25(36)20-29(28)37/h2-16,20,30,32-33,40H,17-19,21H2,1H3,(H,38,42)/t30-,32-,33+/m1/s1. The summed E-state index contributed by atoms with van der Waals surface area (Å²) in [7, 11) is 1.36. The molecule has 4 aromatic rings. The first-order valence-corrected chi connectivity index (χ1v) is 15.0. The first kappa shape index (κ1) is 31.3. The average molecular weight is 632 g/mol. The fraction of sp³-hybridized carbons (Fsp3) is 0.229. The lowest BCUT2D eigenvalue weighted by Gasteiger charge is -2.45. The van der Waals surface area contributed by atoms with Gasteiger partial charge < -0.3 is 20.1 Å². The molecule has 0 saturated carbocycles. The summed E-state index contributed by atoms with van der Waals surface area (Å²) in [5, 5.41) is 14.5. The highest BCUT2D eigenvalue weighted by molar-refractivity contribution is 6.35. The van der Waals surface area contributed by atoms with E-state index in [4.69, 9.17) is 27.9 Å². The Bertz CT molecular complexity index is 1640. The molecule has 0 unspecified atom stereocenters. The lowest BCUT2D eigenvalue weighted by molar-refractivity contribution is -0.139. The molecule has 3 atom stereocenters. The monoisotopic (exact) mass is 630 g/mol. The Kier molecular flexibility index (Phi) is 10.0. The molecule has 7 nitrogen and oxygen atoms in total. The molecule has 0 bridgehead atoms. The van der Waals surface area contributed by atoms with E-state index in [-0.39, 0.29) is 30.8 Å². The van der Waals surface area contributed by atoms with Crippen molar-refractivity contribution in [1.82, 2.24) is 10.2 Å². The summed E-state index contributed by atoms with van der Waals surface area (Å²) < 4.78 is 4.73. The number of carbonyl (C=O) groups is 3. The molecule has 0 saturated heterocycles. The third-order valence-corrected chi connectivity index (χ3v) is 8.51. The third-order valence-electron chi connectivity index (χ3n) is 7.94. The first-order chi connectivity index (χ1) is 21.3. The van der Waals surface area contributed by atoms with Crippen LogP contribution in [0.25, 0.3) is 0 Å². The van der Waals surface area contributed by atoms with Gasteiger partial charge in [-0.3, -0.25) is 14.4 Å². The molecule has 2 N–H and O–H groups in total. The molecule has 44 heavy (non-hydrogen) atoms. The van der Waals surface area contributed by atoms with Gasteiger partial charge in [-0.05, 0) is 52.4 Å². The highest BCUT2D eigenvalue weighted by atomic mass is 35.5. The number of ether oxygens (including phenoxy) is 1. The van der Waals surface area contributed by atoms with Crippen molar-refractivity contribution >= 4 is 41.0 Å². The van der Waals surface area contributed by atoms with E-state index in [0.29, 0.717) is 39.7 Å². The van der Waals surface area contributed by atoms with E-state index in [1.54, 1.807) is 47.4 Å². The number of hydrogen-bond donors (Lipinski definition) is 2. The molecular formula is C35H32Cl2N2O5. The second-order valence-corrected chi connectivity index (χ2v) is 11.5. The van der Waals surface area contributed by atoms with Crippen LogP contribution in [0.2, 0.25) is 10.0 Å². The quantitative estimate of drug-likeness (QED) is 0.207. The van der Waals surface area contributed by atoms with Crippen LogP contribution in [-0.2, 0) is 27.2 Å². The van der Waals surface area contributed by atoms with Crippen molar-refractivity contribution in [3.8, 4) is 0 Å². The molecule has 0 spiro atoms. The van der Waals surface area contributed by atoms with Gasteiger partial charge in [-0.15, -0.1) is 0 Å². The third kappa shape index (κ3) is 6.65. The topological polar surface area (TPSA) is 95.9 Å². The van der Waals surface area contributed by atoms with Crippen LogP contribution in [0, 0.1) is 0 Å². The Balaban J connectivity index is 1.50. The number of rotatable bonds is 10. The highest BCUT2D eigenvalue weighted by Gasteiger charge is 2.47. The maximum absolute atomic E-state index is 14.2. The molecule has 226 valence electrons. The van der Waals surface area contributed by atoms with Gasteiger partial charge in [0, 0.05) is 22.2 Å². The van der Waals surface area contributed by atoms with Gasteiger partial charge in [-0.25, -0.2) is 0 Å². The summed E-state index contributed by atoms with van der Waals surface area (Å²) in [5.74, 6) is -1.73. The fourth-order valence-corrected chi connectivity index (χ4v) is 6.30. The number of benzene rings is 4. The molecule has 1 aliphatic heterocycles. The van der Waals surface area contributed by atoms with E-state index < -0.39 is 18.0 Å². The normalized spacial score (nSPS) is 16.6. The zero-order valence-electron chi connectivity index (χ0n) is 24.1. The van der Waals surface area contributed by atoms with Crippen LogP contribution in [-0.4, -0.2) is 48.1 Å². The van der Waals surface area contributed by atoms with Gasteiger partial charge in [-0.2, -0.15) is 0 Å². The van der Waals surface area contributed by atoms with Crippen molar-refractivity contribution in [2.24, 2.45) is 0 Å². The molecule has 1 aliphatic rings. The number of nitrogens with zero attached hydrogens (tertiary/aromatic N) is 1. The fourth-order valence-electron chi connectivity index (χ4n) is 5.78. The van der Waals surface area contributed by atoms with Crippen molar-refractivity contribution in [3.63, 3.8) is 0 Å². The Morgan fingerprint density at radius 1 is 0.909 bits per heavy atom. The van der Waals surface area contributed by atoms with Crippen molar-refractivity contribution in [1.29, 1.82) is 0 Å². The van der Waals surface area contributed by atoms with Crippen LogP contribution in [0.1, 0.15) is 56.2 Å². The van der Waals surface area contributed by atoms with Gasteiger partial charge in [0.05, 0.1) is 38.1 Å². The molecule has 0 radical (unpaired) electrons. The minimum Gasteiger partial charge on any atom is -0.469 e. The summed E-state index contributed by atoms with van der Waals surface area (Å²) in [5.41, 5.74) is 4.08. The SMILES string of the molecule is COC(=O)Cc1ccc(CCNC(=O)[C@@H]2c3ccccc3C(=O)N([C@H](CO)c3ccccc3)[C@H]2c2ccc(Cl)cc2Cl)cc1. The zero-order valence-corrected chi connectivity index (χ0v) is 25.6. The maximum Gasteiger partial charge on any atom is 0.309 e. The number of fused-ring (bicyclic) bond motifs is 1. The largest absolute Gasteiger partial charge is 0.469 e. The minimum atomic E-state index is -0.836. The van der Waals surface area contributed by atoms with Gasteiger partial charge in [-0.1, -0.05) is 102 Å². The lowest BCUT2D eigenvalue weighted by atomic mass is 9.78. The number of hydrogen-bond acceptors (Lipinski definition) is 5. The number of halogens is 2. The van der Waals surface area contributed by atoms with Crippen molar-refractivity contribution < 1.29 is 24.2 Å². The number of methoxy groups -OCH3 is 1. The predicted octanol–water partition coefficient (Wildman–Crippen LogP) is 6.08. The summed E-state index contributed by atoms with van der Waals surface area (Å²) in [6, 6.07) is 27.3. The molecule has 0 fully saturated rings. The lowest BCUT2D eigenvalue weighted by Crippen LogP contribution is -2.49. The number of amides is 2. The summed E-state index contributed by atoms with van der Waals surface area (Å²) in [4.78, 5) is 41.6. The molecule has 0 aromatic heterocycles. The van der Waals surface area contributed by atoms with Gasteiger partial charge in [0.1, 0.15) is 0 Å². The Morgan fingerprint density at radius 3 is 2.27 bits per heavy atom. The summed E-state index contributed by atoms with van der Waals surface area (Å²) in [6.45, 7) is -0.0229. The van der Waals surface area contributed by atoms with Crippen LogP contribution in [0.15, 0.2) is 97.1 Å². The van der Waals surface area contributed by atoms with Crippen LogP contribution >= 0.6 is 23.2 Å². The van der Waals surface area contributed by atoms with E-state index in [1.807, 2.05) is 54.6 Å². The van der Waals surface area contributed by atoms with Gasteiger partial charge in [0.2, 0.25) is 5.91 Å². The molecule has 2 amide bonds. The number of nitrogens with one attached hydrogen (secondary N) is 1. The van der Waals surface area contributed by atoms with E-state index in [1.165, 1.54) is 7.11 Å². The molecule has 4 aromatic carbocycles. The maximum atomic E-state index is 14.2. The number of aliphatic hydroxyl groups is 1. The Morgan fingerprint density at radius 2 is 1.59 bits per heavy atom. The minimum absolute atomic E-state index is 0.191. The van der Waals surface area contributed by atoms with Crippen molar-refractivity contribution in [2.45, 2.75) is 30.8 Å². The van der Waals surface area contributed by atoms with E-state index in [2.05, 4.69) is 5.32 Å². The average Bonchev–Trinajstić information content (AvgIpc) is 3.03. The van der Waals surface area contributed by atoms with Crippen molar-refractivity contribution in [3.05, 3.63) is 140 Å². The van der Waals surface area contributed by atoms with E-state index in [0.717, 1.165) is 16.7 Å². The van der Waals surface area contributed by atoms with Crippen LogP contribution in [0.3, 0.4) is 0 Å². The molecule has 1 heterocycles. The summed E-state index contributed by atoms with van der Waals surface area (Å²) in [6.07, 6.45) is 0.743. The van der Waals surface area contributed by atoms with Crippen LogP contribution in [0.5, 0.6) is 0 Å². The number of carbonyl (C=O) groups excluding carboxylic acids is 3. The molecular weight excluding hydrogens is 599 g/mol. The highest BCUT2D eigenvalue weighted by Crippen LogP contribution is 2.48. The molecule has 0 aliphatic carbocycles. The van der Waals surface area contributed by atoms with Crippen LogP contribution in [0.4, 0.5) is 0 Å².